The average Bonchev–Trinajstić information content (AvgIpc) is 2.22. The summed E-state index contributed by atoms with van der Waals surface area (Å²) in [7, 11) is 0. The Bertz CT molecular complexity index is 322. The molecule has 0 amide bonds. The first kappa shape index (κ1) is 12.5. The molecule has 84 valence electrons. The van der Waals surface area contributed by atoms with E-state index in [1.807, 2.05) is 26.0 Å². The van der Waals surface area contributed by atoms with Crippen molar-refractivity contribution in [1.82, 2.24) is 0 Å². The van der Waals surface area contributed by atoms with Gasteiger partial charge in [-0.1, -0.05) is 37.6 Å². The van der Waals surface area contributed by atoms with Crippen LogP contribution in [-0.2, 0) is 6.42 Å². The Balaban J connectivity index is 2.68. The van der Waals surface area contributed by atoms with Crippen molar-refractivity contribution < 1.29 is 5.11 Å². The highest BCUT2D eigenvalue weighted by Gasteiger charge is 2.12. The van der Waals surface area contributed by atoms with E-state index in [-0.39, 0.29) is 6.10 Å². The van der Waals surface area contributed by atoms with Gasteiger partial charge in [0.05, 0.1) is 6.10 Å². The summed E-state index contributed by atoms with van der Waals surface area (Å²) in [6.45, 7) is 6.10. The lowest BCUT2D eigenvalue weighted by molar-refractivity contribution is 0.113. The molecule has 2 atom stereocenters. The Labute approximate surface area is 97.1 Å². The third-order valence-electron chi connectivity index (χ3n) is 2.86. The predicted molar refractivity (Wildman–Crippen MR) is 65.4 cm³/mol. The van der Waals surface area contributed by atoms with Gasteiger partial charge < -0.3 is 5.11 Å². The maximum absolute atomic E-state index is 9.69. The molecule has 0 spiro atoms. The zero-order valence-electron chi connectivity index (χ0n) is 9.63. The van der Waals surface area contributed by atoms with E-state index in [0.717, 1.165) is 23.4 Å². The van der Waals surface area contributed by atoms with Gasteiger partial charge in [0, 0.05) is 5.02 Å². The Kier molecular flexibility index (Phi) is 4.62. The van der Waals surface area contributed by atoms with E-state index in [1.54, 1.807) is 0 Å². The third-order valence-corrected chi connectivity index (χ3v) is 3.28. The number of hydrogen-bond donors (Lipinski definition) is 1. The van der Waals surface area contributed by atoms with Gasteiger partial charge in [-0.2, -0.15) is 0 Å². The standard InChI is InChI=1S/C13H19ClO/c1-4-13(15)10(3)8-11-5-6-12(14)9(2)7-11/h5-7,10,13,15H,4,8H2,1-3H3. The molecule has 1 N–H and O–H groups in total. The van der Waals surface area contributed by atoms with Gasteiger partial charge >= 0.3 is 0 Å². The summed E-state index contributed by atoms with van der Waals surface area (Å²) in [5.74, 6) is 0.301. The smallest absolute Gasteiger partial charge is 0.0566 e. The number of halogens is 1. The van der Waals surface area contributed by atoms with Crippen molar-refractivity contribution >= 4 is 11.6 Å². The molecule has 0 aliphatic heterocycles. The van der Waals surface area contributed by atoms with Crippen molar-refractivity contribution in [3.8, 4) is 0 Å². The number of benzene rings is 1. The summed E-state index contributed by atoms with van der Waals surface area (Å²) in [4.78, 5) is 0. The number of aryl methyl sites for hydroxylation is 1. The van der Waals surface area contributed by atoms with Gasteiger partial charge in [-0.05, 0) is 42.9 Å². The van der Waals surface area contributed by atoms with E-state index in [1.165, 1.54) is 5.56 Å². The van der Waals surface area contributed by atoms with Crippen LogP contribution in [0, 0.1) is 12.8 Å². The summed E-state index contributed by atoms with van der Waals surface area (Å²) in [6.07, 6.45) is 1.52. The molecule has 2 unspecified atom stereocenters. The van der Waals surface area contributed by atoms with Crippen LogP contribution < -0.4 is 0 Å². The molecule has 0 bridgehead atoms. The molecule has 0 saturated heterocycles. The molecule has 0 radical (unpaired) electrons. The van der Waals surface area contributed by atoms with Crippen LogP contribution in [0.4, 0.5) is 0 Å². The van der Waals surface area contributed by atoms with Crippen molar-refractivity contribution in [2.75, 3.05) is 0 Å². The van der Waals surface area contributed by atoms with E-state index >= 15 is 0 Å². The van der Waals surface area contributed by atoms with E-state index in [4.69, 9.17) is 11.6 Å². The predicted octanol–water partition coefficient (Wildman–Crippen LogP) is 3.60. The van der Waals surface area contributed by atoms with Crippen LogP contribution in [0.3, 0.4) is 0 Å². The Hall–Kier alpha value is -0.530. The Morgan fingerprint density at radius 1 is 1.40 bits per heavy atom. The fourth-order valence-electron chi connectivity index (χ4n) is 1.74. The summed E-state index contributed by atoms with van der Waals surface area (Å²) in [5, 5.41) is 10.5. The fourth-order valence-corrected chi connectivity index (χ4v) is 1.86. The van der Waals surface area contributed by atoms with Crippen LogP contribution >= 0.6 is 11.6 Å². The topological polar surface area (TPSA) is 20.2 Å². The first-order chi connectivity index (χ1) is 7.04. The van der Waals surface area contributed by atoms with Gasteiger partial charge in [0.25, 0.3) is 0 Å². The van der Waals surface area contributed by atoms with E-state index in [9.17, 15) is 5.11 Å². The van der Waals surface area contributed by atoms with Crippen molar-refractivity contribution in [3.63, 3.8) is 0 Å². The van der Waals surface area contributed by atoms with Crippen LogP contribution in [0.5, 0.6) is 0 Å². The lowest BCUT2D eigenvalue weighted by Gasteiger charge is -2.17. The zero-order chi connectivity index (χ0) is 11.4. The van der Waals surface area contributed by atoms with E-state index in [2.05, 4.69) is 13.0 Å². The zero-order valence-corrected chi connectivity index (χ0v) is 10.4. The molecule has 1 nitrogen and oxygen atoms in total. The second-order valence-electron chi connectivity index (χ2n) is 4.24. The van der Waals surface area contributed by atoms with Gasteiger partial charge in [0.15, 0.2) is 0 Å². The van der Waals surface area contributed by atoms with Gasteiger partial charge in [0.1, 0.15) is 0 Å². The summed E-state index contributed by atoms with van der Waals surface area (Å²) in [5.41, 5.74) is 2.35. The van der Waals surface area contributed by atoms with Crippen LogP contribution in [0.1, 0.15) is 31.4 Å². The summed E-state index contributed by atoms with van der Waals surface area (Å²) >= 11 is 5.96. The minimum atomic E-state index is -0.207. The number of aliphatic hydroxyl groups excluding tert-OH is 1. The highest BCUT2D eigenvalue weighted by molar-refractivity contribution is 6.31. The van der Waals surface area contributed by atoms with Crippen LogP contribution in [0.2, 0.25) is 5.02 Å². The lowest BCUT2D eigenvalue weighted by atomic mass is 9.94. The normalized spacial score (nSPS) is 15.0. The molecule has 0 saturated carbocycles. The van der Waals surface area contributed by atoms with Crippen LogP contribution in [-0.4, -0.2) is 11.2 Å². The first-order valence-corrected chi connectivity index (χ1v) is 5.85. The number of rotatable bonds is 4. The van der Waals surface area contributed by atoms with Gasteiger partial charge in [-0.25, -0.2) is 0 Å². The van der Waals surface area contributed by atoms with Crippen molar-refractivity contribution in [2.24, 2.45) is 5.92 Å². The van der Waals surface area contributed by atoms with Crippen molar-refractivity contribution in [1.29, 1.82) is 0 Å². The highest BCUT2D eigenvalue weighted by Crippen LogP contribution is 2.20. The van der Waals surface area contributed by atoms with Crippen molar-refractivity contribution in [3.05, 3.63) is 34.3 Å². The summed E-state index contributed by atoms with van der Waals surface area (Å²) in [6, 6.07) is 6.06. The third kappa shape index (κ3) is 3.51. The Morgan fingerprint density at radius 2 is 2.07 bits per heavy atom. The summed E-state index contributed by atoms with van der Waals surface area (Å²) < 4.78 is 0. The minimum Gasteiger partial charge on any atom is -0.393 e. The quantitative estimate of drug-likeness (QED) is 0.832. The van der Waals surface area contributed by atoms with Crippen molar-refractivity contribution in [2.45, 2.75) is 39.7 Å². The SMILES string of the molecule is CCC(O)C(C)Cc1ccc(Cl)c(C)c1. The monoisotopic (exact) mass is 226 g/mol. The highest BCUT2D eigenvalue weighted by atomic mass is 35.5. The molecule has 0 aliphatic carbocycles. The first-order valence-electron chi connectivity index (χ1n) is 5.47. The maximum Gasteiger partial charge on any atom is 0.0566 e. The molecule has 1 aromatic rings. The minimum absolute atomic E-state index is 0.207. The molecule has 0 aromatic heterocycles. The lowest BCUT2D eigenvalue weighted by Crippen LogP contribution is -2.18. The molecule has 1 aromatic carbocycles. The molecule has 0 heterocycles. The second-order valence-corrected chi connectivity index (χ2v) is 4.65. The van der Waals surface area contributed by atoms with E-state index in [0.29, 0.717) is 5.92 Å². The van der Waals surface area contributed by atoms with Gasteiger partial charge in [0.2, 0.25) is 0 Å². The second kappa shape index (κ2) is 5.53. The largest absolute Gasteiger partial charge is 0.393 e. The fraction of sp³-hybridized carbons (Fsp3) is 0.538. The molecule has 2 heteroatoms. The Morgan fingerprint density at radius 3 is 2.60 bits per heavy atom. The molecular weight excluding hydrogens is 208 g/mol. The van der Waals surface area contributed by atoms with Gasteiger partial charge in [-0.3, -0.25) is 0 Å². The average molecular weight is 227 g/mol. The molecule has 0 aliphatic rings. The van der Waals surface area contributed by atoms with Crippen LogP contribution in [0.25, 0.3) is 0 Å². The molecule has 1 rings (SSSR count). The number of aliphatic hydroxyl groups is 1. The molecule has 0 fully saturated rings. The molecule has 15 heavy (non-hydrogen) atoms. The van der Waals surface area contributed by atoms with E-state index < -0.39 is 0 Å². The van der Waals surface area contributed by atoms with Crippen LogP contribution in [0.15, 0.2) is 18.2 Å². The maximum atomic E-state index is 9.69. The molecular formula is C13H19ClO. The van der Waals surface area contributed by atoms with Gasteiger partial charge in [-0.15, -0.1) is 0 Å². The number of hydrogen-bond acceptors (Lipinski definition) is 1.